The van der Waals surface area contributed by atoms with Crippen molar-refractivity contribution in [3.63, 3.8) is 0 Å². The maximum Gasteiger partial charge on any atom is 0.166 e. The maximum atomic E-state index is 13.6. The number of hydrogen-bond acceptors (Lipinski definition) is 2. The largest absolute Gasteiger partial charge is 0.454 e. The first-order valence-electron chi connectivity index (χ1n) is 5.60. The molecule has 0 aliphatic rings. The van der Waals surface area contributed by atoms with Gasteiger partial charge < -0.3 is 4.74 Å². The van der Waals surface area contributed by atoms with Crippen molar-refractivity contribution in [2.45, 2.75) is 13.8 Å². The zero-order chi connectivity index (χ0) is 13.1. The summed E-state index contributed by atoms with van der Waals surface area (Å²) in [6.07, 6.45) is 0.600. The van der Waals surface area contributed by atoms with Crippen LogP contribution in [0.1, 0.15) is 21.5 Å². The van der Waals surface area contributed by atoms with Crippen molar-refractivity contribution in [1.82, 2.24) is 0 Å². The minimum absolute atomic E-state index is 0.115. The third kappa shape index (κ3) is 2.56. The fourth-order valence-corrected chi connectivity index (χ4v) is 1.58. The number of aldehydes is 1. The Labute approximate surface area is 105 Å². The van der Waals surface area contributed by atoms with Crippen LogP contribution in [-0.2, 0) is 0 Å². The molecule has 0 saturated carbocycles. The average molecular weight is 244 g/mol. The van der Waals surface area contributed by atoms with Crippen LogP contribution >= 0.6 is 0 Å². The summed E-state index contributed by atoms with van der Waals surface area (Å²) in [7, 11) is 0. The summed E-state index contributed by atoms with van der Waals surface area (Å²) >= 11 is 0. The molecule has 0 radical (unpaired) electrons. The Morgan fingerprint density at radius 1 is 1.06 bits per heavy atom. The molecule has 0 atom stereocenters. The molecule has 92 valence electrons. The van der Waals surface area contributed by atoms with Crippen molar-refractivity contribution < 1.29 is 13.9 Å². The zero-order valence-electron chi connectivity index (χ0n) is 10.2. The summed E-state index contributed by atoms with van der Waals surface area (Å²) in [5, 5.41) is 0. The van der Waals surface area contributed by atoms with Gasteiger partial charge in [0.1, 0.15) is 12.0 Å². The lowest BCUT2D eigenvalue weighted by molar-refractivity contribution is 0.112. The zero-order valence-corrected chi connectivity index (χ0v) is 10.2. The third-order valence-corrected chi connectivity index (χ3v) is 2.80. The van der Waals surface area contributed by atoms with Gasteiger partial charge in [0.2, 0.25) is 0 Å². The fraction of sp³-hybridized carbons (Fsp3) is 0.133. The number of benzene rings is 2. The number of rotatable bonds is 3. The van der Waals surface area contributed by atoms with E-state index in [1.54, 1.807) is 6.07 Å². The van der Waals surface area contributed by atoms with Gasteiger partial charge in [-0.05, 0) is 55.3 Å². The second-order valence-corrected chi connectivity index (χ2v) is 4.16. The molecule has 2 aromatic rings. The smallest absolute Gasteiger partial charge is 0.166 e. The fourth-order valence-electron chi connectivity index (χ4n) is 1.58. The van der Waals surface area contributed by atoms with Gasteiger partial charge in [0.15, 0.2) is 11.6 Å². The Hall–Kier alpha value is -2.16. The van der Waals surface area contributed by atoms with Crippen molar-refractivity contribution in [1.29, 1.82) is 0 Å². The number of ether oxygens (including phenoxy) is 1. The van der Waals surface area contributed by atoms with E-state index in [0.717, 1.165) is 17.2 Å². The van der Waals surface area contributed by atoms with Crippen LogP contribution in [-0.4, -0.2) is 6.29 Å². The molecular formula is C15H13FO2. The van der Waals surface area contributed by atoms with Gasteiger partial charge in [-0.15, -0.1) is 0 Å². The molecule has 2 nitrogen and oxygen atoms in total. The molecule has 2 aromatic carbocycles. The Morgan fingerprint density at radius 3 is 2.44 bits per heavy atom. The molecule has 0 amide bonds. The van der Waals surface area contributed by atoms with Gasteiger partial charge in [-0.3, -0.25) is 4.79 Å². The van der Waals surface area contributed by atoms with Crippen molar-refractivity contribution in [3.05, 3.63) is 58.9 Å². The van der Waals surface area contributed by atoms with E-state index in [-0.39, 0.29) is 5.75 Å². The van der Waals surface area contributed by atoms with E-state index in [1.807, 2.05) is 26.0 Å². The van der Waals surface area contributed by atoms with Gasteiger partial charge >= 0.3 is 0 Å². The van der Waals surface area contributed by atoms with E-state index in [4.69, 9.17) is 4.74 Å². The molecule has 0 spiro atoms. The molecule has 0 N–H and O–H groups in total. The first-order valence-corrected chi connectivity index (χ1v) is 5.60. The van der Waals surface area contributed by atoms with Gasteiger partial charge in [-0.1, -0.05) is 6.07 Å². The lowest BCUT2D eigenvalue weighted by Crippen LogP contribution is -1.91. The molecule has 0 aromatic heterocycles. The predicted octanol–water partition coefficient (Wildman–Crippen LogP) is 4.05. The molecule has 2 rings (SSSR count). The van der Waals surface area contributed by atoms with Crippen LogP contribution < -0.4 is 4.74 Å². The van der Waals surface area contributed by atoms with Gasteiger partial charge in [0.05, 0.1) is 0 Å². The van der Waals surface area contributed by atoms with E-state index < -0.39 is 5.82 Å². The van der Waals surface area contributed by atoms with Crippen molar-refractivity contribution in [2.24, 2.45) is 0 Å². The molecule has 0 unspecified atom stereocenters. The Kier molecular flexibility index (Phi) is 3.42. The summed E-state index contributed by atoms with van der Waals surface area (Å²) in [5.41, 5.74) is 2.52. The quantitative estimate of drug-likeness (QED) is 0.761. The highest BCUT2D eigenvalue weighted by atomic mass is 19.1. The molecular weight excluding hydrogens is 231 g/mol. The molecule has 0 bridgehead atoms. The summed E-state index contributed by atoms with van der Waals surface area (Å²) < 4.78 is 19.1. The van der Waals surface area contributed by atoms with Gasteiger partial charge in [0.25, 0.3) is 0 Å². The Bertz CT molecular complexity index is 591. The first-order chi connectivity index (χ1) is 8.60. The number of aryl methyl sites for hydroxylation is 2. The predicted molar refractivity (Wildman–Crippen MR) is 67.8 cm³/mol. The molecule has 3 heteroatoms. The number of carbonyl (C=O) groups is 1. The minimum atomic E-state index is -0.544. The second kappa shape index (κ2) is 5.00. The molecule has 0 heterocycles. The number of hydrogen-bond donors (Lipinski definition) is 0. The van der Waals surface area contributed by atoms with E-state index in [1.165, 1.54) is 12.1 Å². The van der Waals surface area contributed by atoms with E-state index >= 15 is 0 Å². The van der Waals surface area contributed by atoms with Gasteiger partial charge in [-0.2, -0.15) is 0 Å². The monoisotopic (exact) mass is 244 g/mol. The standard InChI is InChI=1S/C15H13FO2/c1-10-3-5-13(7-11(10)2)18-15-6-4-12(9-17)8-14(15)16/h3-9H,1-2H3. The molecule has 18 heavy (non-hydrogen) atoms. The first kappa shape index (κ1) is 12.3. The second-order valence-electron chi connectivity index (χ2n) is 4.16. The van der Waals surface area contributed by atoms with E-state index in [2.05, 4.69) is 0 Å². The topological polar surface area (TPSA) is 26.3 Å². The third-order valence-electron chi connectivity index (χ3n) is 2.80. The highest BCUT2D eigenvalue weighted by Gasteiger charge is 2.06. The summed E-state index contributed by atoms with van der Waals surface area (Å²) in [6.45, 7) is 3.96. The lowest BCUT2D eigenvalue weighted by atomic mass is 10.1. The van der Waals surface area contributed by atoms with Crippen molar-refractivity contribution in [2.75, 3.05) is 0 Å². The molecule has 0 fully saturated rings. The summed E-state index contributed by atoms with van der Waals surface area (Å²) in [5.74, 6) is 0.150. The minimum Gasteiger partial charge on any atom is -0.454 e. The molecule has 0 aliphatic heterocycles. The lowest BCUT2D eigenvalue weighted by Gasteiger charge is -2.08. The van der Waals surface area contributed by atoms with Crippen LogP contribution in [0.3, 0.4) is 0 Å². The van der Waals surface area contributed by atoms with Crippen LogP contribution in [0.4, 0.5) is 4.39 Å². The maximum absolute atomic E-state index is 13.6. The average Bonchev–Trinajstić information content (AvgIpc) is 2.36. The Balaban J connectivity index is 2.28. The van der Waals surface area contributed by atoms with Crippen LogP contribution in [0, 0.1) is 19.7 Å². The summed E-state index contributed by atoms with van der Waals surface area (Å²) in [6, 6.07) is 9.68. The number of halogens is 1. The van der Waals surface area contributed by atoms with Crippen LogP contribution in [0.2, 0.25) is 0 Å². The molecule has 0 saturated heterocycles. The SMILES string of the molecule is Cc1ccc(Oc2ccc(C=O)cc2F)cc1C. The number of carbonyl (C=O) groups excluding carboxylic acids is 1. The van der Waals surface area contributed by atoms with E-state index in [0.29, 0.717) is 17.6 Å². The van der Waals surface area contributed by atoms with Gasteiger partial charge in [0, 0.05) is 5.56 Å². The highest BCUT2D eigenvalue weighted by Crippen LogP contribution is 2.26. The summed E-state index contributed by atoms with van der Waals surface area (Å²) in [4.78, 5) is 10.5. The Morgan fingerprint density at radius 2 is 1.83 bits per heavy atom. The highest BCUT2D eigenvalue weighted by molar-refractivity contribution is 5.75. The van der Waals surface area contributed by atoms with Gasteiger partial charge in [-0.25, -0.2) is 4.39 Å². The van der Waals surface area contributed by atoms with Crippen molar-refractivity contribution >= 4 is 6.29 Å². The normalized spacial score (nSPS) is 10.2. The van der Waals surface area contributed by atoms with E-state index in [9.17, 15) is 9.18 Å². The molecule has 0 aliphatic carbocycles. The van der Waals surface area contributed by atoms with Crippen LogP contribution in [0.25, 0.3) is 0 Å². The van der Waals surface area contributed by atoms with Crippen LogP contribution in [0.15, 0.2) is 36.4 Å². The van der Waals surface area contributed by atoms with Crippen molar-refractivity contribution in [3.8, 4) is 11.5 Å². The van der Waals surface area contributed by atoms with Crippen LogP contribution in [0.5, 0.6) is 11.5 Å².